The van der Waals surface area contributed by atoms with Crippen LogP contribution in [0.1, 0.15) is 34.2 Å². The smallest absolute Gasteiger partial charge is 0.337 e. The van der Waals surface area contributed by atoms with Crippen molar-refractivity contribution in [2.75, 3.05) is 18.9 Å². The van der Waals surface area contributed by atoms with E-state index in [1.807, 2.05) is 0 Å². The third-order valence-electron chi connectivity index (χ3n) is 5.66. The second kappa shape index (κ2) is 7.75. The molecule has 0 bridgehead atoms. The van der Waals surface area contributed by atoms with Gasteiger partial charge in [-0.25, -0.2) is 13.6 Å². The van der Waals surface area contributed by atoms with Crippen LogP contribution < -0.4 is 5.32 Å². The van der Waals surface area contributed by atoms with Crippen LogP contribution in [0.15, 0.2) is 18.2 Å². The third kappa shape index (κ3) is 3.89. The van der Waals surface area contributed by atoms with Crippen LogP contribution in [0.25, 0.3) is 0 Å². The minimum Gasteiger partial charge on any atom is -0.337 e. The van der Waals surface area contributed by atoms with Crippen LogP contribution >= 0.6 is 0 Å². The maximum absolute atomic E-state index is 14.1. The van der Waals surface area contributed by atoms with Crippen molar-refractivity contribution >= 4 is 17.6 Å². The molecule has 2 aromatic rings. The molecule has 0 aliphatic carbocycles. The number of hydrogen-bond donors (Lipinski definition) is 1. The van der Waals surface area contributed by atoms with Gasteiger partial charge in [-0.3, -0.25) is 9.48 Å². The number of aromatic nitrogens is 2. The van der Waals surface area contributed by atoms with Gasteiger partial charge >= 0.3 is 12.2 Å². The normalized spacial score (nSPS) is 21.2. The van der Waals surface area contributed by atoms with Crippen LogP contribution in [0.4, 0.5) is 32.4 Å². The van der Waals surface area contributed by atoms with E-state index in [2.05, 4.69) is 10.4 Å². The Morgan fingerprint density at radius 3 is 2.66 bits per heavy atom. The number of alkyl halides is 4. The van der Waals surface area contributed by atoms with Gasteiger partial charge in [0.15, 0.2) is 0 Å². The van der Waals surface area contributed by atoms with Gasteiger partial charge in [-0.05, 0) is 25.1 Å². The van der Waals surface area contributed by atoms with Crippen molar-refractivity contribution in [2.24, 2.45) is 0 Å². The van der Waals surface area contributed by atoms with Crippen molar-refractivity contribution in [1.29, 1.82) is 0 Å². The van der Waals surface area contributed by atoms with Gasteiger partial charge in [-0.15, -0.1) is 0 Å². The van der Waals surface area contributed by atoms with E-state index in [1.165, 1.54) is 21.5 Å². The minimum atomic E-state index is -4.91. The topological polar surface area (TPSA) is 70.5 Å². The van der Waals surface area contributed by atoms with Crippen molar-refractivity contribution in [3.05, 3.63) is 46.5 Å². The number of rotatable bonds is 1. The summed E-state index contributed by atoms with van der Waals surface area (Å²) in [5.74, 6) is -1.86. The number of urea groups is 1. The highest BCUT2D eigenvalue weighted by atomic mass is 19.4. The summed E-state index contributed by atoms with van der Waals surface area (Å²) < 4.78 is 67.9. The van der Waals surface area contributed by atoms with E-state index in [0.717, 1.165) is 6.07 Å². The predicted octanol–water partition coefficient (Wildman–Crippen LogP) is 3.44. The van der Waals surface area contributed by atoms with Crippen molar-refractivity contribution in [1.82, 2.24) is 19.6 Å². The Bertz CT molecular complexity index is 1080. The van der Waals surface area contributed by atoms with E-state index in [0.29, 0.717) is 23.4 Å². The molecule has 7 nitrogen and oxygen atoms in total. The molecule has 1 aromatic carbocycles. The first-order chi connectivity index (χ1) is 15.0. The molecule has 1 aromatic heterocycles. The number of carbonyl (C=O) groups is 2. The van der Waals surface area contributed by atoms with Gasteiger partial charge in [0, 0.05) is 30.8 Å². The zero-order chi connectivity index (χ0) is 23.4. The summed E-state index contributed by atoms with van der Waals surface area (Å²) in [5.41, 5.74) is -0.436. The Kier molecular flexibility index (Phi) is 5.33. The molecule has 0 saturated heterocycles. The van der Waals surface area contributed by atoms with Crippen molar-refractivity contribution in [3.63, 3.8) is 0 Å². The second-order valence-electron chi connectivity index (χ2n) is 8.04. The van der Waals surface area contributed by atoms with E-state index < -0.39 is 41.7 Å². The summed E-state index contributed by atoms with van der Waals surface area (Å²) in [7, 11) is 1.48. The van der Waals surface area contributed by atoms with Crippen molar-refractivity contribution in [2.45, 2.75) is 44.8 Å². The molecule has 12 heteroatoms. The number of nitrogens with one attached hydrogen (secondary N) is 1. The molecule has 0 spiro atoms. The van der Waals surface area contributed by atoms with Crippen LogP contribution in [0, 0.1) is 5.82 Å². The molecule has 32 heavy (non-hydrogen) atoms. The first-order valence-corrected chi connectivity index (χ1v) is 9.88. The highest BCUT2D eigenvalue weighted by Crippen LogP contribution is 2.33. The minimum absolute atomic E-state index is 0.0263. The number of amides is 3. The van der Waals surface area contributed by atoms with Gasteiger partial charge in [0.1, 0.15) is 17.7 Å². The monoisotopic (exact) mass is 457 g/mol. The van der Waals surface area contributed by atoms with Crippen LogP contribution in [0.5, 0.6) is 0 Å². The zero-order valence-electron chi connectivity index (χ0n) is 17.2. The summed E-state index contributed by atoms with van der Waals surface area (Å²) in [6, 6.07) is 1.10. The fourth-order valence-electron chi connectivity index (χ4n) is 4.06. The first kappa shape index (κ1) is 22.0. The van der Waals surface area contributed by atoms with E-state index in [9.17, 15) is 31.5 Å². The zero-order valence-corrected chi connectivity index (χ0v) is 17.2. The number of halogens is 5. The lowest BCUT2D eigenvalue weighted by Gasteiger charge is -2.33. The molecular formula is C20H20F5N5O2. The Labute approximate surface area is 179 Å². The van der Waals surface area contributed by atoms with Gasteiger partial charge in [0.2, 0.25) is 0 Å². The van der Waals surface area contributed by atoms with E-state index in [-0.39, 0.29) is 37.4 Å². The fraction of sp³-hybridized carbons (Fsp3) is 0.450. The average molecular weight is 457 g/mol. The standard InChI is InChI=1S/C20H20F5N5O2/c1-10-5-16-13(17-18(31)28(2)7-11(21)8-30(17)27-16)9-29(10)19(32)26-12-3-4-15(22)14(6-12)20(23,24)25/h3-4,6,10-11H,5,7-9H2,1-2H3,(H,26,32). The highest BCUT2D eigenvalue weighted by molar-refractivity contribution is 5.95. The largest absolute Gasteiger partial charge is 0.419 e. The Balaban J connectivity index is 1.60. The highest BCUT2D eigenvalue weighted by Gasteiger charge is 2.38. The Hall–Kier alpha value is -3.18. The first-order valence-electron chi connectivity index (χ1n) is 9.88. The summed E-state index contributed by atoms with van der Waals surface area (Å²) in [4.78, 5) is 28.2. The molecule has 0 radical (unpaired) electrons. The summed E-state index contributed by atoms with van der Waals surface area (Å²) in [6.45, 7) is 1.53. The van der Waals surface area contributed by atoms with Crippen LogP contribution in [-0.4, -0.2) is 57.3 Å². The molecule has 2 aliphatic rings. The van der Waals surface area contributed by atoms with Gasteiger partial charge in [-0.2, -0.15) is 18.3 Å². The molecule has 0 saturated carbocycles. The SMILES string of the molecule is CC1Cc2nn3c(c2CN1C(=O)Nc1ccc(F)c(C(F)(F)F)c1)C(=O)N(C)CC(F)C3. The predicted molar refractivity (Wildman–Crippen MR) is 103 cm³/mol. The second-order valence-corrected chi connectivity index (χ2v) is 8.04. The molecule has 172 valence electrons. The molecule has 2 unspecified atom stereocenters. The number of fused-ring (bicyclic) bond motifs is 3. The average Bonchev–Trinajstić information content (AvgIpc) is 2.98. The molecule has 2 aliphatic heterocycles. The number of nitrogens with zero attached hydrogens (tertiary/aromatic N) is 4. The van der Waals surface area contributed by atoms with Crippen LogP contribution in [0.2, 0.25) is 0 Å². The molecule has 1 N–H and O–H groups in total. The molecule has 0 fully saturated rings. The molecule has 2 atom stereocenters. The lowest BCUT2D eigenvalue weighted by atomic mass is 9.99. The summed E-state index contributed by atoms with van der Waals surface area (Å²) in [6.07, 6.45) is -5.91. The molecule has 3 amide bonds. The lowest BCUT2D eigenvalue weighted by Crippen LogP contribution is -2.45. The van der Waals surface area contributed by atoms with E-state index in [4.69, 9.17) is 0 Å². The number of hydrogen-bond acceptors (Lipinski definition) is 3. The Morgan fingerprint density at radius 1 is 1.25 bits per heavy atom. The van der Waals surface area contributed by atoms with Gasteiger partial charge in [0.05, 0.1) is 30.9 Å². The van der Waals surface area contributed by atoms with Crippen molar-refractivity contribution < 1.29 is 31.5 Å². The van der Waals surface area contributed by atoms with Gasteiger partial charge in [0.25, 0.3) is 5.91 Å². The maximum atomic E-state index is 14.1. The number of benzene rings is 1. The fourth-order valence-corrected chi connectivity index (χ4v) is 4.06. The third-order valence-corrected chi connectivity index (χ3v) is 5.66. The van der Waals surface area contributed by atoms with Gasteiger partial charge < -0.3 is 15.1 Å². The van der Waals surface area contributed by atoms with Crippen LogP contribution in [0.3, 0.4) is 0 Å². The Morgan fingerprint density at radius 2 is 1.97 bits per heavy atom. The lowest BCUT2D eigenvalue weighted by molar-refractivity contribution is -0.139. The molecule has 4 rings (SSSR count). The number of carbonyl (C=O) groups excluding carboxylic acids is 2. The van der Waals surface area contributed by atoms with Crippen LogP contribution in [-0.2, 0) is 25.7 Å². The number of anilines is 1. The molecule has 3 heterocycles. The summed E-state index contributed by atoms with van der Waals surface area (Å²) in [5, 5.41) is 6.73. The van der Waals surface area contributed by atoms with E-state index in [1.54, 1.807) is 6.92 Å². The summed E-state index contributed by atoms with van der Waals surface area (Å²) >= 11 is 0. The quantitative estimate of drug-likeness (QED) is 0.667. The van der Waals surface area contributed by atoms with E-state index >= 15 is 0 Å². The molecular weight excluding hydrogens is 437 g/mol. The maximum Gasteiger partial charge on any atom is 0.419 e. The van der Waals surface area contributed by atoms with Gasteiger partial charge in [-0.1, -0.05) is 0 Å². The van der Waals surface area contributed by atoms with Crippen molar-refractivity contribution in [3.8, 4) is 0 Å².